The predicted molar refractivity (Wildman–Crippen MR) is 74.9 cm³/mol. The van der Waals surface area contributed by atoms with Gasteiger partial charge in [0.25, 0.3) is 0 Å². The molecule has 2 heterocycles. The Balaban J connectivity index is 2.06. The molecule has 0 radical (unpaired) electrons. The van der Waals surface area contributed by atoms with Gasteiger partial charge in [-0.3, -0.25) is 4.79 Å². The van der Waals surface area contributed by atoms with Crippen LogP contribution in [0.25, 0.3) is 0 Å². The van der Waals surface area contributed by atoms with Crippen LogP contribution in [0.3, 0.4) is 0 Å². The minimum Gasteiger partial charge on any atom is -0.497 e. The van der Waals surface area contributed by atoms with Gasteiger partial charge < -0.3 is 20.1 Å². The molecule has 1 fully saturated rings. The number of hydrogen-bond acceptors (Lipinski definition) is 4. The van der Waals surface area contributed by atoms with Crippen molar-refractivity contribution in [2.75, 3.05) is 20.8 Å². The van der Waals surface area contributed by atoms with Crippen molar-refractivity contribution in [2.45, 2.75) is 31.3 Å². The third-order valence-corrected chi connectivity index (χ3v) is 4.34. The molecule has 20 heavy (non-hydrogen) atoms. The maximum Gasteiger partial charge on any atom is 0.240 e. The van der Waals surface area contributed by atoms with Crippen LogP contribution in [0, 0.1) is 0 Å². The van der Waals surface area contributed by atoms with E-state index in [0.29, 0.717) is 0 Å². The fraction of sp³-hybridized carbons (Fsp3) is 0.533. The summed E-state index contributed by atoms with van der Waals surface area (Å²) in [6.45, 7) is 0.723. The van der Waals surface area contributed by atoms with Gasteiger partial charge in [-0.2, -0.15) is 0 Å². The molecular weight excluding hydrogens is 256 g/mol. The number of piperidine rings is 1. The molecule has 5 heteroatoms. The Morgan fingerprint density at radius 3 is 2.75 bits per heavy atom. The van der Waals surface area contributed by atoms with E-state index in [4.69, 9.17) is 15.2 Å². The minimum absolute atomic E-state index is 0.0600. The van der Waals surface area contributed by atoms with Crippen LogP contribution in [0.4, 0.5) is 0 Å². The van der Waals surface area contributed by atoms with Crippen LogP contribution >= 0.6 is 0 Å². The first-order valence-electron chi connectivity index (χ1n) is 6.96. The Morgan fingerprint density at radius 1 is 1.25 bits per heavy atom. The summed E-state index contributed by atoms with van der Waals surface area (Å²) in [5, 5.41) is 0. The zero-order valence-corrected chi connectivity index (χ0v) is 11.9. The second kappa shape index (κ2) is 4.98. The highest BCUT2D eigenvalue weighted by atomic mass is 16.5. The molecule has 2 atom stereocenters. The van der Waals surface area contributed by atoms with Crippen LogP contribution in [0.2, 0.25) is 0 Å². The average Bonchev–Trinajstić information content (AvgIpc) is 2.49. The topological polar surface area (TPSA) is 64.8 Å². The largest absolute Gasteiger partial charge is 0.497 e. The Labute approximate surface area is 118 Å². The van der Waals surface area contributed by atoms with E-state index >= 15 is 0 Å². The first kappa shape index (κ1) is 13.2. The number of fused-ring (bicyclic) bond motifs is 3. The van der Waals surface area contributed by atoms with Crippen molar-refractivity contribution in [3.8, 4) is 11.5 Å². The molecule has 0 aromatic heterocycles. The monoisotopic (exact) mass is 276 g/mol. The van der Waals surface area contributed by atoms with Gasteiger partial charge in [0.2, 0.25) is 5.91 Å². The van der Waals surface area contributed by atoms with E-state index in [2.05, 4.69) is 0 Å². The first-order chi connectivity index (χ1) is 9.65. The first-order valence-corrected chi connectivity index (χ1v) is 6.96. The molecule has 108 valence electrons. The third kappa shape index (κ3) is 1.93. The van der Waals surface area contributed by atoms with E-state index < -0.39 is 0 Å². The van der Waals surface area contributed by atoms with Gasteiger partial charge in [0.15, 0.2) is 0 Å². The molecular formula is C15H20N2O3. The highest BCUT2D eigenvalue weighted by molar-refractivity contribution is 5.83. The third-order valence-electron chi connectivity index (χ3n) is 4.34. The maximum absolute atomic E-state index is 12.2. The van der Waals surface area contributed by atoms with Crippen LogP contribution in [0.5, 0.6) is 11.5 Å². The number of ether oxygens (including phenoxy) is 2. The lowest BCUT2D eigenvalue weighted by Gasteiger charge is -2.43. The lowest BCUT2D eigenvalue weighted by molar-refractivity contribution is -0.138. The van der Waals surface area contributed by atoms with Gasteiger partial charge in [0.05, 0.1) is 26.3 Å². The van der Waals surface area contributed by atoms with Gasteiger partial charge in [-0.15, -0.1) is 0 Å². The smallest absolute Gasteiger partial charge is 0.240 e. The molecule has 2 N–H and O–H groups in total. The molecule has 1 amide bonds. The Hall–Kier alpha value is -1.75. The van der Waals surface area contributed by atoms with Gasteiger partial charge in [-0.05, 0) is 30.9 Å². The number of nitrogens with two attached hydrogens (primary N) is 1. The van der Waals surface area contributed by atoms with E-state index in [0.717, 1.165) is 42.9 Å². The molecule has 5 nitrogen and oxygen atoms in total. The van der Waals surface area contributed by atoms with E-state index in [1.165, 1.54) is 5.56 Å². The average molecular weight is 276 g/mol. The van der Waals surface area contributed by atoms with E-state index in [1.807, 2.05) is 17.0 Å². The molecule has 1 aromatic carbocycles. The van der Waals surface area contributed by atoms with E-state index in [-0.39, 0.29) is 18.0 Å². The van der Waals surface area contributed by atoms with Gasteiger partial charge in [0, 0.05) is 18.2 Å². The van der Waals surface area contributed by atoms with Crippen LogP contribution < -0.4 is 15.2 Å². The summed E-state index contributed by atoms with van der Waals surface area (Å²) >= 11 is 0. The van der Waals surface area contributed by atoms with Crippen molar-refractivity contribution in [1.29, 1.82) is 0 Å². The number of nitrogens with zero attached hydrogens (tertiary/aromatic N) is 1. The standard InChI is InChI=1S/C15H20N2O3/c1-19-10-7-9-5-6-17-12(4-3-11(16)15(17)18)14(9)13(8-10)20-2/h7-8,11-12H,3-6,16H2,1-2H3/t11-,12-/m0/s1. The molecule has 0 spiro atoms. The van der Waals surface area contributed by atoms with Crippen molar-refractivity contribution in [3.05, 3.63) is 23.3 Å². The van der Waals surface area contributed by atoms with Crippen LogP contribution in [-0.2, 0) is 11.2 Å². The zero-order valence-electron chi connectivity index (χ0n) is 11.9. The minimum atomic E-state index is -0.350. The summed E-state index contributed by atoms with van der Waals surface area (Å²) in [5.41, 5.74) is 8.22. The normalized spacial score (nSPS) is 24.9. The Bertz CT molecular complexity index is 527. The number of hydrogen-bond donors (Lipinski definition) is 1. The van der Waals surface area contributed by atoms with E-state index in [1.54, 1.807) is 14.2 Å². The molecule has 0 unspecified atom stereocenters. The van der Waals surface area contributed by atoms with Crippen LogP contribution in [0.1, 0.15) is 30.0 Å². The SMILES string of the molecule is COc1cc2c(c(OC)c1)[C@@H]1CC[C@H](N)C(=O)N1CC2. The van der Waals surface area contributed by atoms with Crippen molar-refractivity contribution in [2.24, 2.45) is 5.73 Å². The zero-order chi connectivity index (χ0) is 14.3. The maximum atomic E-state index is 12.2. The molecule has 1 saturated heterocycles. The molecule has 0 bridgehead atoms. The Kier molecular flexibility index (Phi) is 3.30. The number of carbonyl (C=O) groups is 1. The lowest BCUT2D eigenvalue weighted by atomic mass is 9.84. The summed E-state index contributed by atoms with van der Waals surface area (Å²) in [5.74, 6) is 1.66. The summed E-state index contributed by atoms with van der Waals surface area (Å²) in [7, 11) is 3.31. The highest BCUT2D eigenvalue weighted by Gasteiger charge is 2.39. The fourth-order valence-corrected chi connectivity index (χ4v) is 3.32. The summed E-state index contributed by atoms with van der Waals surface area (Å²) in [4.78, 5) is 14.1. The number of methoxy groups -OCH3 is 2. The van der Waals surface area contributed by atoms with Crippen molar-refractivity contribution in [3.63, 3.8) is 0 Å². The number of amides is 1. The Morgan fingerprint density at radius 2 is 2.05 bits per heavy atom. The second-order valence-electron chi connectivity index (χ2n) is 5.38. The van der Waals surface area contributed by atoms with Crippen LogP contribution in [0.15, 0.2) is 12.1 Å². The molecule has 2 aliphatic rings. The van der Waals surface area contributed by atoms with Gasteiger partial charge in [-0.25, -0.2) is 0 Å². The fourth-order valence-electron chi connectivity index (χ4n) is 3.32. The predicted octanol–water partition coefficient (Wildman–Crippen LogP) is 1.25. The summed E-state index contributed by atoms with van der Waals surface area (Å²) < 4.78 is 10.8. The van der Waals surface area contributed by atoms with Crippen LogP contribution in [-0.4, -0.2) is 37.6 Å². The molecule has 0 aliphatic carbocycles. The highest BCUT2D eigenvalue weighted by Crippen LogP contribution is 2.43. The lowest BCUT2D eigenvalue weighted by Crippen LogP contribution is -2.52. The van der Waals surface area contributed by atoms with Crippen molar-refractivity contribution >= 4 is 5.91 Å². The van der Waals surface area contributed by atoms with Gasteiger partial charge >= 0.3 is 0 Å². The second-order valence-corrected chi connectivity index (χ2v) is 5.38. The summed E-state index contributed by atoms with van der Waals surface area (Å²) in [6.07, 6.45) is 2.44. The number of carbonyl (C=O) groups excluding carboxylic acids is 1. The van der Waals surface area contributed by atoms with Gasteiger partial charge in [0.1, 0.15) is 11.5 Å². The molecule has 2 aliphatic heterocycles. The quantitative estimate of drug-likeness (QED) is 0.883. The van der Waals surface area contributed by atoms with E-state index in [9.17, 15) is 4.79 Å². The van der Waals surface area contributed by atoms with Crippen molar-refractivity contribution < 1.29 is 14.3 Å². The molecule has 1 aromatic rings. The number of rotatable bonds is 2. The summed E-state index contributed by atoms with van der Waals surface area (Å²) in [6, 6.07) is 3.68. The van der Waals surface area contributed by atoms with Gasteiger partial charge in [-0.1, -0.05) is 0 Å². The molecule has 0 saturated carbocycles. The molecule has 3 rings (SSSR count). The van der Waals surface area contributed by atoms with Crippen molar-refractivity contribution in [1.82, 2.24) is 4.90 Å². The number of benzene rings is 1.